The Bertz CT molecular complexity index is 1330. The van der Waals surface area contributed by atoms with Gasteiger partial charge in [-0.25, -0.2) is 14.8 Å². The van der Waals surface area contributed by atoms with Gasteiger partial charge in [0.2, 0.25) is 0 Å². The number of benzene rings is 2. The molecule has 0 atom stereocenters. The van der Waals surface area contributed by atoms with E-state index in [0.29, 0.717) is 5.82 Å². The van der Waals surface area contributed by atoms with E-state index in [1.807, 2.05) is 12.1 Å². The number of nitrogens with one attached hydrogen (secondary N) is 1. The topological polar surface area (TPSA) is 98.1 Å². The largest absolute Gasteiger partial charge is 0.264 e. The molecule has 0 aliphatic heterocycles. The Balaban J connectivity index is 1.34. The van der Waals surface area contributed by atoms with Crippen molar-refractivity contribution in [2.24, 2.45) is 0 Å². The van der Waals surface area contributed by atoms with Crippen LogP contribution in [0.25, 0.3) is 22.5 Å². The molecule has 1 N–H and O–H groups in total. The SMILES string of the molecule is CCCn1nc(CCc2ccccc2)nc1Cc1ccc(-c2ccncc2-c2nnn[nH]2)cc1. The second kappa shape index (κ2) is 10.2. The molecule has 0 saturated carbocycles. The van der Waals surface area contributed by atoms with Gasteiger partial charge in [-0.1, -0.05) is 61.5 Å². The van der Waals surface area contributed by atoms with Crippen LogP contribution in [0.15, 0.2) is 73.1 Å². The molecule has 5 rings (SSSR count). The lowest BCUT2D eigenvalue weighted by Gasteiger charge is -2.08. The van der Waals surface area contributed by atoms with E-state index in [9.17, 15) is 0 Å². The van der Waals surface area contributed by atoms with Crippen molar-refractivity contribution in [1.29, 1.82) is 0 Å². The van der Waals surface area contributed by atoms with E-state index in [1.165, 1.54) is 11.1 Å². The number of aromatic nitrogens is 8. The number of hydrogen-bond acceptors (Lipinski definition) is 6. The van der Waals surface area contributed by atoms with Crippen molar-refractivity contribution in [1.82, 2.24) is 40.4 Å². The number of tetrazole rings is 1. The number of rotatable bonds is 9. The summed E-state index contributed by atoms with van der Waals surface area (Å²) in [4.78, 5) is 9.12. The quantitative estimate of drug-likeness (QED) is 0.359. The molecule has 170 valence electrons. The summed E-state index contributed by atoms with van der Waals surface area (Å²) in [6, 6.07) is 21.0. The summed E-state index contributed by atoms with van der Waals surface area (Å²) in [6.45, 7) is 3.04. The van der Waals surface area contributed by atoms with Crippen molar-refractivity contribution in [3.05, 3.63) is 95.8 Å². The second-order valence-electron chi connectivity index (χ2n) is 8.20. The van der Waals surface area contributed by atoms with Crippen LogP contribution in [-0.2, 0) is 25.8 Å². The molecular formula is C26H26N8. The summed E-state index contributed by atoms with van der Waals surface area (Å²) in [5.41, 5.74) is 5.47. The Morgan fingerprint density at radius 1 is 0.882 bits per heavy atom. The van der Waals surface area contributed by atoms with E-state index in [0.717, 1.165) is 60.6 Å². The Hall–Kier alpha value is -4.20. The minimum absolute atomic E-state index is 0.600. The van der Waals surface area contributed by atoms with E-state index in [1.54, 1.807) is 12.4 Å². The molecule has 2 aromatic carbocycles. The fourth-order valence-electron chi connectivity index (χ4n) is 4.05. The number of aromatic amines is 1. The van der Waals surface area contributed by atoms with Gasteiger partial charge in [0.25, 0.3) is 0 Å². The molecule has 0 fully saturated rings. The standard InChI is InChI=1S/C26H26N8/c1-2-16-34-25(28-24(31-34)13-10-19-6-4-3-5-7-19)17-20-8-11-21(12-9-20)22-14-15-27-18-23(22)26-29-32-33-30-26/h3-9,11-12,14-15,18H,2,10,13,16-17H2,1H3,(H,29,30,32,33). The molecule has 3 heterocycles. The summed E-state index contributed by atoms with van der Waals surface area (Å²) in [5, 5.41) is 19.0. The van der Waals surface area contributed by atoms with Gasteiger partial charge in [0.15, 0.2) is 11.6 Å². The molecule has 0 aliphatic carbocycles. The van der Waals surface area contributed by atoms with Gasteiger partial charge < -0.3 is 0 Å². The summed E-state index contributed by atoms with van der Waals surface area (Å²) >= 11 is 0. The molecule has 0 spiro atoms. The van der Waals surface area contributed by atoms with Crippen LogP contribution in [0.4, 0.5) is 0 Å². The highest BCUT2D eigenvalue weighted by molar-refractivity contribution is 5.79. The van der Waals surface area contributed by atoms with E-state index in [2.05, 4.69) is 85.7 Å². The maximum atomic E-state index is 4.88. The molecule has 0 bridgehead atoms. The van der Waals surface area contributed by atoms with Gasteiger partial charge in [-0.15, -0.1) is 5.10 Å². The fraction of sp³-hybridized carbons (Fsp3) is 0.231. The Kier molecular flexibility index (Phi) is 6.47. The molecule has 8 heteroatoms. The minimum Gasteiger partial charge on any atom is -0.264 e. The minimum atomic E-state index is 0.600. The van der Waals surface area contributed by atoms with Crippen molar-refractivity contribution in [3.8, 4) is 22.5 Å². The van der Waals surface area contributed by atoms with E-state index >= 15 is 0 Å². The summed E-state index contributed by atoms with van der Waals surface area (Å²) in [7, 11) is 0. The average Bonchev–Trinajstić information content (AvgIpc) is 3.55. The molecular weight excluding hydrogens is 424 g/mol. The van der Waals surface area contributed by atoms with Crippen LogP contribution in [0, 0.1) is 0 Å². The lowest BCUT2D eigenvalue weighted by molar-refractivity contribution is 0.570. The highest BCUT2D eigenvalue weighted by Crippen LogP contribution is 2.29. The van der Waals surface area contributed by atoms with Gasteiger partial charge in [-0.3, -0.25) is 4.98 Å². The smallest absolute Gasteiger partial charge is 0.181 e. The summed E-state index contributed by atoms with van der Waals surface area (Å²) in [5.74, 6) is 2.52. The normalized spacial score (nSPS) is 11.1. The molecule has 0 saturated heterocycles. The van der Waals surface area contributed by atoms with Crippen LogP contribution < -0.4 is 0 Å². The number of aryl methyl sites for hydroxylation is 3. The van der Waals surface area contributed by atoms with Gasteiger partial charge in [0.1, 0.15) is 5.82 Å². The van der Waals surface area contributed by atoms with Crippen molar-refractivity contribution in [3.63, 3.8) is 0 Å². The van der Waals surface area contributed by atoms with Crippen molar-refractivity contribution in [2.75, 3.05) is 0 Å². The third-order valence-electron chi connectivity index (χ3n) is 5.76. The third kappa shape index (κ3) is 4.91. The average molecular weight is 451 g/mol. The van der Waals surface area contributed by atoms with Crippen LogP contribution in [0.1, 0.15) is 36.1 Å². The zero-order chi connectivity index (χ0) is 23.2. The molecule has 0 aliphatic rings. The first-order valence-corrected chi connectivity index (χ1v) is 11.5. The van der Waals surface area contributed by atoms with Gasteiger partial charge in [-0.2, -0.15) is 5.10 Å². The highest BCUT2D eigenvalue weighted by atomic mass is 15.5. The maximum Gasteiger partial charge on any atom is 0.181 e. The highest BCUT2D eigenvalue weighted by Gasteiger charge is 2.13. The first-order chi connectivity index (χ1) is 16.8. The first-order valence-electron chi connectivity index (χ1n) is 11.5. The Labute approximate surface area is 198 Å². The van der Waals surface area contributed by atoms with Crippen molar-refractivity contribution >= 4 is 0 Å². The molecule has 5 aromatic rings. The summed E-state index contributed by atoms with van der Waals surface area (Å²) in [6.07, 6.45) is 7.10. The molecule has 8 nitrogen and oxygen atoms in total. The zero-order valence-corrected chi connectivity index (χ0v) is 19.1. The van der Waals surface area contributed by atoms with Gasteiger partial charge in [0, 0.05) is 37.3 Å². The zero-order valence-electron chi connectivity index (χ0n) is 19.1. The predicted octanol–water partition coefficient (Wildman–Crippen LogP) is 4.31. The van der Waals surface area contributed by atoms with Crippen molar-refractivity contribution < 1.29 is 0 Å². The maximum absolute atomic E-state index is 4.88. The molecule has 0 unspecified atom stereocenters. The van der Waals surface area contributed by atoms with Crippen LogP contribution in [-0.4, -0.2) is 40.4 Å². The number of nitrogens with zero attached hydrogens (tertiary/aromatic N) is 7. The van der Waals surface area contributed by atoms with Crippen LogP contribution >= 0.6 is 0 Å². The van der Waals surface area contributed by atoms with Gasteiger partial charge in [0.05, 0.1) is 0 Å². The van der Waals surface area contributed by atoms with Crippen molar-refractivity contribution in [2.45, 2.75) is 39.2 Å². The Morgan fingerprint density at radius 3 is 2.50 bits per heavy atom. The van der Waals surface area contributed by atoms with E-state index in [-0.39, 0.29) is 0 Å². The number of pyridine rings is 1. The van der Waals surface area contributed by atoms with Crippen LogP contribution in [0.3, 0.4) is 0 Å². The molecule has 0 radical (unpaired) electrons. The molecule has 34 heavy (non-hydrogen) atoms. The third-order valence-corrected chi connectivity index (χ3v) is 5.76. The molecule has 3 aromatic heterocycles. The first kappa shape index (κ1) is 21.6. The Morgan fingerprint density at radius 2 is 1.74 bits per heavy atom. The lowest BCUT2D eigenvalue weighted by atomic mass is 9.99. The fourth-order valence-corrected chi connectivity index (χ4v) is 4.05. The summed E-state index contributed by atoms with van der Waals surface area (Å²) < 4.78 is 2.06. The van der Waals surface area contributed by atoms with Gasteiger partial charge in [-0.05, 0) is 51.6 Å². The van der Waals surface area contributed by atoms with E-state index in [4.69, 9.17) is 10.1 Å². The molecule has 0 amide bonds. The van der Waals surface area contributed by atoms with E-state index < -0.39 is 0 Å². The van der Waals surface area contributed by atoms with Crippen LogP contribution in [0.2, 0.25) is 0 Å². The number of H-pyrrole nitrogens is 1. The second-order valence-corrected chi connectivity index (χ2v) is 8.20. The predicted molar refractivity (Wildman–Crippen MR) is 130 cm³/mol. The lowest BCUT2D eigenvalue weighted by Crippen LogP contribution is -2.06. The van der Waals surface area contributed by atoms with Gasteiger partial charge >= 0.3 is 0 Å². The monoisotopic (exact) mass is 450 g/mol. The number of hydrogen-bond donors (Lipinski definition) is 1. The van der Waals surface area contributed by atoms with Crippen LogP contribution in [0.5, 0.6) is 0 Å².